The topological polar surface area (TPSA) is 71.2 Å². The summed E-state index contributed by atoms with van der Waals surface area (Å²) in [5.41, 5.74) is 5.97. The predicted octanol–water partition coefficient (Wildman–Crippen LogP) is 2.87. The molecule has 0 radical (unpaired) electrons. The van der Waals surface area contributed by atoms with Gasteiger partial charge >= 0.3 is 0 Å². The largest absolute Gasteiger partial charge is 0.368 e. The molecule has 2 heterocycles. The van der Waals surface area contributed by atoms with Gasteiger partial charge in [0, 0.05) is 31.1 Å². The van der Waals surface area contributed by atoms with Crippen molar-refractivity contribution in [1.82, 2.24) is 19.9 Å². The van der Waals surface area contributed by atoms with Crippen LogP contribution in [-0.4, -0.2) is 53.1 Å². The third-order valence-corrected chi connectivity index (χ3v) is 5.50. The summed E-state index contributed by atoms with van der Waals surface area (Å²) >= 11 is 1.77. The lowest BCUT2D eigenvalue weighted by molar-refractivity contribution is 0.311. The van der Waals surface area contributed by atoms with Crippen molar-refractivity contribution in [2.75, 3.05) is 43.9 Å². The number of hydrogen-bond acceptors (Lipinski definition) is 7. The Balaban J connectivity index is 0.00000225. The molecule has 1 aromatic heterocycles. The summed E-state index contributed by atoms with van der Waals surface area (Å²) in [6, 6.07) is 10.3. The molecular weight excluding hydrogens is 356 g/mol. The highest BCUT2D eigenvalue weighted by molar-refractivity contribution is 7.99. The Kier molecular flexibility index (Phi) is 7.28. The summed E-state index contributed by atoms with van der Waals surface area (Å²) in [4.78, 5) is 19.2. The molecule has 8 heteroatoms. The van der Waals surface area contributed by atoms with Crippen LogP contribution in [0.1, 0.15) is 24.4 Å². The van der Waals surface area contributed by atoms with Crippen LogP contribution in [0.4, 0.5) is 11.9 Å². The maximum absolute atomic E-state index is 5.97. The number of halogens is 1. The third-order valence-electron chi connectivity index (χ3n) is 4.12. The molecule has 136 valence electrons. The van der Waals surface area contributed by atoms with Gasteiger partial charge in [-0.15, -0.1) is 24.2 Å². The SMILES string of the molecule is CCC(Sc1ccccc1)c1nc(N)nc(N2CCN(C)CC2)n1.Cl. The van der Waals surface area contributed by atoms with Crippen LogP contribution in [0.3, 0.4) is 0 Å². The van der Waals surface area contributed by atoms with Crippen molar-refractivity contribution in [3.63, 3.8) is 0 Å². The number of benzene rings is 1. The molecule has 1 unspecified atom stereocenters. The average Bonchev–Trinajstić information content (AvgIpc) is 2.60. The lowest BCUT2D eigenvalue weighted by Crippen LogP contribution is -2.45. The van der Waals surface area contributed by atoms with E-state index in [1.807, 2.05) is 18.2 Å². The van der Waals surface area contributed by atoms with Crippen LogP contribution in [-0.2, 0) is 0 Å². The molecule has 3 rings (SSSR count). The van der Waals surface area contributed by atoms with Gasteiger partial charge in [-0.2, -0.15) is 15.0 Å². The molecule has 6 nitrogen and oxygen atoms in total. The Morgan fingerprint density at radius 1 is 1.08 bits per heavy atom. The molecule has 1 fully saturated rings. The summed E-state index contributed by atoms with van der Waals surface area (Å²) < 4.78 is 0. The van der Waals surface area contributed by atoms with E-state index in [4.69, 9.17) is 10.7 Å². The first-order valence-corrected chi connectivity index (χ1v) is 9.20. The maximum Gasteiger partial charge on any atom is 0.230 e. The zero-order valence-corrected chi connectivity index (χ0v) is 16.3. The summed E-state index contributed by atoms with van der Waals surface area (Å²) in [6.45, 7) is 6.01. The minimum atomic E-state index is 0. The van der Waals surface area contributed by atoms with Crippen molar-refractivity contribution in [2.24, 2.45) is 0 Å². The molecule has 1 aliphatic heterocycles. The van der Waals surface area contributed by atoms with Crippen LogP contribution >= 0.6 is 24.2 Å². The number of aromatic nitrogens is 3. The number of hydrogen-bond donors (Lipinski definition) is 1. The number of anilines is 2. The van der Waals surface area contributed by atoms with Gasteiger partial charge in [-0.25, -0.2) is 0 Å². The lowest BCUT2D eigenvalue weighted by atomic mass is 10.3. The Hall–Kier alpha value is -1.57. The molecule has 2 N–H and O–H groups in total. The summed E-state index contributed by atoms with van der Waals surface area (Å²) in [5.74, 6) is 1.78. The smallest absolute Gasteiger partial charge is 0.230 e. The van der Waals surface area contributed by atoms with E-state index in [-0.39, 0.29) is 17.7 Å². The van der Waals surface area contributed by atoms with Gasteiger partial charge in [0.25, 0.3) is 0 Å². The Labute approximate surface area is 159 Å². The second kappa shape index (κ2) is 9.22. The molecule has 1 saturated heterocycles. The normalized spacial score (nSPS) is 16.3. The Morgan fingerprint density at radius 3 is 2.40 bits per heavy atom. The van der Waals surface area contributed by atoms with Crippen molar-refractivity contribution in [1.29, 1.82) is 0 Å². The first kappa shape index (κ1) is 19.8. The van der Waals surface area contributed by atoms with E-state index in [0.717, 1.165) is 38.4 Å². The fourth-order valence-corrected chi connectivity index (χ4v) is 3.69. The maximum atomic E-state index is 5.97. The highest BCUT2D eigenvalue weighted by Crippen LogP contribution is 2.36. The molecule has 0 amide bonds. The summed E-state index contributed by atoms with van der Waals surface area (Å²) in [6.07, 6.45) is 0.936. The zero-order chi connectivity index (χ0) is 16.9. The number of likely N-dealkylation sites (N-methyl/N-ethyl adjacent to an activating group) is 1. The van der Waals surface area contributed by atoms with Gasteiger partial charge in [0.2, 0.25) is 11.9 Å². The van der Waals surface area contributed by atoms with Gasteiger partial charge in [-0.05, 0) is 25.6 Å². The molecule has 0 aliphatic carbocycles. The number of rotatable bonds is 5. The number of nitrogens with two attached hydrogens (primary N) is 1. The first-order valence-electron chi connectivity index (χ1n) is 8.32. The Morgan fingerprint density at radius 2 is 1.76 bits per heavy atom. The molecule has 0 spiro atoms. The van der Waals surface area contributed by atoms with Crippen LogP contribution in [0, 0.1) is 0 Å². The monoisotopic (exact) mass is 380 g/mol. The summed E-state index contributed by atoms with van der Waals surface area (Å²) in [5, 5.41) is 0.170. The number of nitrogen functional groups attached to an aromatic ring is 1. The van der Waals surface area contributed by atoms with E-state index < -0.39 is 0 Å². The van der Waals surface area contributed by atoms with Gasteiger partial charge in [0.15, 0.2) is 0 Å². The molecule has 2 aromatic rings. The van der Waals surface area contributed by atoms with E-state index in [0.29, 0.717) is 11.9 Å². The van der Waals surface area contributed by atoms with Gasteiger partial charge < -0.3 is 15.5 Å². The van der Waals surface area contributed by atoms with Crippen molar-refractivity contribution < 1.29 is 0 Å². The van der Waals surface area contributed by atoms with Crippen molar-refractivity contribution in [3.05, 3.63) is 36.2 Å². The molecule has 1 aliphatic rings. The molecule has 0 saturated carbocycles. The predicted molar refractivity (Wildman–Crippen MR) is 107 cm³/mol. The fourth-order valence-electron chi connectivity index (χ4n) is 2.67. The molecular formula is C17H25ClN6S. The van der Waals surface area contributed by atoms with E-state index in [9.17, 15) is 0 Å². The van der Waals surface area contributed by atoms with Gasteiger partial charge in [-0.1, -0.05) is 25.1 Å². The third kappa shape index (κ3) is 5.20. The highest BCUT2D eigenvalue weighted by atomic mass is 35.5. The minimum absolute atomic E-state index is 0. The molecule has 1 atom stereocenters. The standard InChI is InChI=1S/C17H24N6S.ClH/c1-3-14(24-13-7-5-4-6-8-13)15-19-16(18)21-17(20-15)23-11-9-22(2)10-12-23;/h4-8,14H,3,9-12H2,1-2H3,(H2,18,19,20,21);1H. The van der Waals surface area contributed by atoms with Crippen molar-refractivity contribution in [2.45, 2.75) is 23.5 Å². The van der Waals surface area contributed by atoms with Gasteiger partial charge in [0.1, 0.15) is 5.82 Å². The van der Waals surface area contributed by atoms with Crippen LogP contribution in [0.2, 0.25) is 0 Å². The second-order valence-corrected chi connectivity index (χ2v) is 7.25. The van der Waals surface area contributed by atoms with Crippen LogP contribution in [0.5, 0.6) is 0 Å². The fraction of sp³-hybridized carbons (Fsp3) is 0.471. The molecule has 25 heavy (non-hydrogen) atoms. The highest BCUT2D eigenvalue weighted by Gasteiger charge is 2.21. The summed E-state index contributed by atoms with van der Waals surface area (Å²) in [7, 11) is 2.13. The number of nitrogens with zero attached hydrogens (tertiary/aromatic N) is 5. The van der Waals surface area contributed by atoms with E-state index in [2.05, 4.69) is 45.9 Å². The molecule has 0 bridgehead atoms. The van der Waals surface area contributed by atoms with E-state index >= 15 is 0 Å². The van der Waals surface area contributed by atoms with E-state index in [1.54, 1.807) is 11.8 Å². The van der Waals surface area contributed by atoms with Gasteiger partial charge in [-0.3, -0.25) is 0 Å². The van der Waals surface area contributed by atoms with Crippen LogP contribution in [0.25, 0.3) is 0 Å². The lowest BCUT2D eigenvalue weighted by Gasteiger charge is -2.32. The average molecular weight is 381 g/mol. The van der Waals surface area contributed by atoms with E-state index in [1.165, 1.54) is 4.90 Å². The first-order chi connectivity index (χ1) is 11.7. The number of thioether (sulfide) groups is 1. The Bertz CT molecular complexity index is 663. The number of piperazine rings is 1. The van der Waals surface area contributed by atoms with Crippen molar-refractivity contribution in [3.8, 4) is 0 Å². The van der Waals surface area contributed by atoms with Crippen LogP contribution < -0.4 is 10.6 Å². The van der Waals surface area contributed by atoms with Gasteiger partial charge in [0.05, 0.1) is 5.25 Å². The minimum Gasteiger partial charge on any atom is -0.368 e. The van der Waals surface area contributed by atoms with Crippen LogP contribution in [0.15, 0.2) is 35.2 Å². The molecule has 1 aromatic carbocycles. The zero-order valence-electron chi connectivity index (χ0n) is 14.6. The van der Waals surface area contributed by atoms with Crippen molar-refractivity contribution >= 4 is 36.1 Å². The quantitative estimate of drug-likeness (QED) is 0.799. The second-order valence-electron chi connectivity index (χ2n) is 5.97.